The van der Waals surface area contributed by atoms with Crippen molar-refractivity contribution in [1.29, 1.82) is 0 Å². The fourth-order valence-electron chi connectivity index (χ4n) is 2.21. The van der Waals surface area contributed by atoms with E-state index < -0.39 is 0 Å². The Morgan fingerprint density at radius 2 is 1.69 bits per heavy atom. The first-order valence-electron chi connectivity index (χ1n) is 5.48. The summed E-state index contributed by atoms with van der Waals surface area (Å²) in [4.78, 5) is 3.30. The molecule has 0 aliphatic carbocycles. The van der Waals surface area contributed by atoms with Gasteiger partial charge in [-0.3, -0.25) is 0 Å². The Bertz CT molecular complexity index is 620. The third-order valence-electron chi connectivity index (χ3n) is 2.99. The van der Waals surface area contributed by atoms with Crippen LogP contribution in [0.25, 0.3) is 22.0 Å². The molecule has 16 heavy (non-hydrogen) atoms. The molecule has 0 amide bonds. The normalized spacial score (nSPS) is 10.8. The summed E-state index contributed by atoms with van der Waals surface area (Å²) in [6.07, 6.45) is 2.07. The van der Waals surface area contributed by atoms with Crippen molar-refractivity contribution < 1.29 is 0 Å². The van der Waals surface area contributed by atoms with Crippen LogP contribution in [0.2, 0.25) is 0 Å². The quantitative estimate of drug-likeness (QED) is 0.617. The highest BCUT2D eigenvalue weighted by Crippen LogP contribution is 2.30. The second-order valence-electron chi connectivity index (χ2n) is 4.07. The van der Waals surface area contributed by atoms with E-state index in [1.165, 1.54) is 27.6 Å². The summed E-state index contributed by atoms with van der Waals surface area (Å²) in [5, 5.41) is 1.33. The zero-order chi connectivity index (χ0) is 11.0. The molecule has 0 saturated heterocycles. The molecule has 3 rings (SSSR count). The van der Waals surface area contributed by atoms with Crippen LogP contribution < -0.4 is 0 Å². The van der Waals surface area contributed by atoms with Crippen LogP contribution >= 0.6 is 0 Å². The molecule has 1 N–H and O–H groups in total. The molecule has 1 aromatic heterocycles. The van der Waals surface area contributed by atoms with Crippen LogP contribution in [-0.2, 0) is 0 Å². The first kappa shape index (κ1) is 9.22. The lowest BCUT2D eigenvalue weighted by molar-refractivity contribution is 1.43. The van der Waals surface area contributed by atoms with Crippen LogP contribution in [-0.4, -0.2) is 4.98 Å². The fraction of sp³-hybridized carbons (Fsp3) is 0.0667. The second-order valence-corrected chi connectivity index (χ2v) is 4.07. The monoisotopic (exact) mass is 207 g/mol. The third kappa shape index (κ3) is 1.33. The maximum Gasteiger partial charge on any atom is 0.0462 e. The maximum absolute atomic E-state index is 3.30. The number of benzene rings is 2. The molecular formula is C15H13N. The standard InChI is InChI=1S/C15H13N/c1-11-10-16-14-9-5-8-13(15(11)14)12-6-3-2-4-7-12/h2-10,16H,1H3. The van der Waals surface area contributed by atoms with Gasteiger partial charge in [-0.1, -0.05) is 42.5 Å². The molecule has 0 fully saturated rings. The molecule has 1 heterocycles. The fourth-order valence-corrected chi connectivity index (χ4v) is 2.21. The number of hydrogen-bond donors (Lipinski definition) is 1. The number of H-pyrrole nitrogens is 1. The van der Waals surface area contributed by atoms with E-state index in [-0.39, 0.29) is 0 Å². The van der Waals surface area contributed by atoms with Crippen molar-refractivity contribution in [3.05, 3.63) is 60.3 Å². The van der Waals surface area contributed by atoms with E-state index in [1.807, 2.05) is 6.07 Å². The number of hydrogen-bond acceptors (Lipinski definition) is 0. The van der Waals surface area contributed by atoms with Gasteiger partial charge in [0, 0.05) is 17.1 Å². The molecule has 1 heteroatoms. The lowest BCUT2D eigenvalue weighted by atomic mass is 10.00. The van der Waals surface area contributed by atoms with Gasteiger partial charge in [0.05, 0.1) is 0 Å². The van der Waals surface area contributed by atoms with Crippen LogP contribution in [0, 0.1) is 6.92 Å². The molecule has 0 saturated carbocycles. The van der Waals surface area contributed by atoms with Gasteiger partial charge in [0.2, 0.25) is 0 Å². The zero-order valence-corrected chi connectivity index (χ0v) is 9.20. The molecule has 2 aromatic carbocycles. The average molecular weight is 207 g/mol. The van der Waals surface area contributed by atoms with Gasteiger partial charge in [0.15, 0.2) is 0 Å². The van der Waals surface area contributed by atoms with Crippen molar-refractivity contribution in [1.82, 2.24) is 4.98 Å². The van der Waals surface area contributed by atoms with E-state index in [0.717, 1.165) is 0 Å². The minimum absolute atomic E-state index is 1.21. The van der Waals surface area contributed by atoms with E-state index in [9.17, 15) is 0 Å². The van der Waals surface area contributed by atoms with E-state index in [0.29, 0.717) is 0 Å². The summed E-state index contributed by atoms with van der Waals surface area (Å²) in [6, 6.07) is 16.9. The highest BCUT2D eigenvalue weighted by Gasteiger charge is 2.06. The van der Waals surface area contributed by atoms with Crippen molar-refractivity contribution in [2.24, 2.45) is 0 Å². The van der Waals surface area contributed by atoms with Crippen LogP contribution in [0.1, 0.15) is 5.56 Å². The van der Waals surface area contributed by atoms with Gasteiger partial charge in [0.1, 0.15) is 0 Å². The summed E-state index contributed by atoms with van der Waals surface area (Å²) in [7, 11) is 0. The Morgan fingerprint density at radius 1 is 0.875 bits per heavy atom. The molecule has 1 nitrogen and oxygen atoms in total. The highest BCUT2D eigenvalue weighted by molar-refractivity contribution is 5.97. The SMILES string of the molecule is Cc1c[nH]c2cccc(-c3ccccc3)c12. The lowest BCUT2D eigenvalue weighted by Crippen LogP contribution is -1.79. The predicted octanol–water partition coefficient (Wildman–Crippen LogP) is 4.14. The number of aromatic amines is 1. The van der Waals surface area contributed by atoms with Crippen molar-refractivity contribution in [3.63, 3.8) is 0 Å². The molecule has 78 valence electrons. The van der Waals surface area contributed by atoms with Crippen LogP contribution in [0.3, 0.4) is 0 Å². The van der Waals surface area contributed by atoms with Crippen LogP contribution in [0.15, 0.2) is 54.7 Å². The molecule has 0 aliphatic heterocycles. The maximum atomic E-state index is 3.30. The number of aromatic nitrogens is 1. The molecule has 0 radical (unpaired) electrons. The smallest absolute Gasteiger partial charge is 0.0462 e. The summed E-state index contributed by atoms with van der Waals surface area (Å²) in [5.74, 6) is 0. The minimum Gasteiger partial charge on any atom is -0.361 e. The minimum atomic E-state index is 1.21. The van der Waals surface area contributed by atoms with Gasteiger partial charge in [-0.2, -0.15) is 0 Å². The molecule has 0 aliphatic rings. The average Bonchev–Trinajstić information content (AvgIpc) is 2.73. The summed E-state index contributed by atoms with van der Waals surface area (Å²) in [5.41, 5.74) is 5.08. The Morgan fingerprint density at radius 3 is 2.50 bits per heavy atom. The predicted molar refractivity (Wildman–Crippen MR) is 68.5 cm³/mol. The zero-order valence-electron chi connectivity index (χ0n) is 9.20. The molecule has 0 atom stereocenters. The van der Waals surface area contributed by atoms with Crippen molar-refractivity contribution >= 4 is 10.9 Å². The van der Waals surface area contributed by atoms with Crippen molar-refractivity contribution in [2.45, 2.75) is 6.92 Å². The number of aryl methyl sites for hydroxylation is 1. The van der Waals surface area contributed by atoms with Gasteiger partial charge in [-0.25, -0.2) is 0 Å². The molecule has 0 spiro atoms. The van der Waals surface area contributed by atoms with E-state index in [1.54, 1.807) is 0 Å². The Kier molecular flexibility index (Phi) is 2.03. The Hall–Kier alpha value is -2.02. The Labute approximate surface area is 94.7 Å². The number of rotatable bonds is 1. The van der Waals surface area contributed by atoms with Crippen molar-refractivity contribution in [2.75, 3.05) is 0 Å². The molecular weight excluding hydrogens is 194 g/mol. The largest absolute Gasteiger partial charge is 0.361 e. The first-order valence-corrected chi connectivity index (χ1v) is 5.48. The molecule has 0 bridgehead atoms. The van der Waals surface area contributed by atoms with Crippen LogP contribution in [0.5, 0.6) is 0 Å². The summed E-state index contributed by atoms with van der Waals surface area (Å²) in [6.45, 7) is 2.14. The van der Waals surface area contributed by atoms with Gasteiger partial charge in [0.25, 0.3) is 0 Å². The van der Waals surface area contributed by atoms with Gasteiger partial charge >= 0.3 is 0 Å². The lowest BCUT2D eigenvalue weighted by Gasteiger charge is -2.04. The third-order valence-corrected chi connectivity index (χ3v) is 2.99. The molecule has 3 aromatic rings. The summed E-state index contributed by atoms with van der Waals surface area (Å²) < 4.78 is 0. The summed E-state index contributed by atoms with van der Waals surface area (Å²) >= 11 is 0. The van der Waals surface area contributed by atoms with Gasteiger partial charge in [-0.05, 0) is 29.7 Å². The Balaban J connectivity index is 2.36. The molecule has 0 unspecified atom stereocenters. The van der Waals surface area contributed by atoms with Gasteiger partial charge < -0.3 is 4.98 Å². The van der Waals surface area contributed by atoms with Gasteiger partial charge in [-0.15, -0.1) is 0 Å². The first-order chi connectivity index (χ1) is 7.86. The topological polar surface area (TPSA) is 15.8 Å². The van der Waals surface area contributed by atoms with E-state index >= 15 is 0 Å². The number of nitrogens with one attached hydrogen (secondary N) is 1. The van der Waals surface area contributed by atoms with Crippen molar-refractivity contribution in [3.8, 4) is 11.1 Å². The second kappa shape index (κ2) is 3.53. The van der Waals surface area contributed by atoms with Crippen LogP contribution in [0.4, 0.5) is 0 Å². The van der Waals surface area contributed by atoms with E-state index in [2.05, 4.69) is 60.6 Å². The van der Waals surface area contributed by atoms with E-state index in [4.69, 9.17) is 0 Å². The highest BCUT2D eigenvalue weighted by atomic mass is 14.7. The number of fused-ring (bicyclic) bond motifs is 1.